The molecule has 0 unspecified atom stereocenters. The number of aryl methyl sites for hydroxylation is 1. The van der Waals surface area contributed by atoms with Crippen LogP contribution in [0.2, 0.25) is 0 Å². The summed E-state index contributed by atoms with van der Waals surface area (Å²) in [5, 5.41) is 0. The van der Waals surface area contributed by atoms with E-state index in [0.717, 1.165) is 16.6 Å². The molecule has 0 fully saturated rings. The molecule has 0 atom stereocenters. The van der Waals surface area contributed by atoms with E-state index in [9.17, 15) is 0 Å². The van der Waals surface area contributed by atoms with Gasteiger partial charge < -0.3 is 4.57 Å². The van der Waals surface area contributed by atoms with Crippen molar-refractivity contribution < 1.29 is 0 Å². The smallest absolute Gasteiger partial charge is 0.0997 e. The van der Waals surface area contributed by atoms with E-state index in [1.807, 2.05) is 13.3 Å². The number of halogens is 1. The van der Waals surface area contributed by atoms with Gasteiger partial charge in [0.2, 0.25) is 0 Å². The summed E-state index contributed by atoms with van der Waals surface area (Å²) in [5.74, 6) is 0. The number of imidazole rings is 1. The number of aromatic nitrogens is 2. The van der Waals surface area contributed by atoms with E-state index in [2.05, 4.69) is 80.9 Å². The Labute approximate surface area is 133 Å². The Bertz CT molecular complexity index is 760. The quantitative estimate of drug-likeness (QED) is 0.666. The maximum atomic E-state index is 4.41. The van der Waals surface area contributed by atoms with Crippen LogP contribution in [0.1, 0.15) is 22.5 Å². The molecule has 1 aromatic heterocycles. The number of rotatable bonds is 3. The molecule has 0 aliphatic carbocycles. The van der Waals surface area contributed by atoms with Gasteiger partial charge in [-0.25, -0.2) is 4.98 Å². The van der Waals surface area contributed by atoms with Gasteiger partial charge in [0.05, 0.1) is 17.7 Å². The molecule has 2 aromatic carbocycles. The first-order chi connectivity index (χ1) is 10.1. The van der Waals surface area contributed by atoms with E-state index in [1.54, 1.807) is 0 Å². The van der Waals surface area contributed by atoms with E-state index in [4.69, 9.17) is 0 Å². The standard InChI is InChI=1S/C18H17BrN2/c1-13-14(2)21(12-20-13)18-9-8-17(19)11-16(18)10-15-6-4-3-5-7-15/h3-9,11-12H,10H2,1-2H3. The van der Waals surface area contributed by atoms with Crippen LogP contribution in [-0.2, 0) is 6.42 Å². The van der Waals surface area contributed by atoms with E-state index < -0.39 is 0 Å². The highest BCUT2D eigenvalue weighted by molar-refractivity contribution is 9.10. The van der Waals surface area contributed by atoms with E-state index in [-0.39, 0.29) is 0 Å². The first-order valence-electron chi connectivity index (χ1n) is 6.98. The van der Waals surface area contributed by atoms with Crippen molar-refractivity contribution in [3.63, 3.8) is 0 Å². The molecule has 106 valence electrons. The molecular weight excluding hydrogens is 324 g/mol. The Hall–Kier alpha value is -1.87. The van der Waals surface area contributed by atoms with Gasteiger partial charge in [0.1, 0.15) is 0 Å². The van der Waals surface area contributed by atoms with Gasteiger partial charge in [-0.1, -0.05) is 46.3 Å². The van der Waals surface area contributed by atoms with Crippen LogP contribution in [0, 0.1) is 13.8 Å². The van der Waals surface area contributed by atoms with Crippen LogP contribution in [0.25, 0.3) is 5.69 Å². The predicted octanol–water partition coefficient (Wildman–Crippen LogP) is 4.84. The number of nitrogens with zero attached hydrogens (tertiary/aromatic N) is 2. The molecule has 0 amide bonds. The number of benzene rings is 2. The molecule has 0 bridgehead atoms. The van der Waals surface area contributed by atoms with Crippen LogP contribution >= 0.6 is 15.9 Å². The van der Waals surface area contributed by atoms with Crippen molar-refractivity contribution in [1.29, 1.82) is 0 Å². The zero-order chi connectivity index (χ0) is 14.8. The number of hydrogen-bond acceptors (Lipinski definition) is 1. The zero-order valence-electron chi connectivity index (χ0n) is 12.2. The lowest BCUT2D eigenvalue weighted by molar-refractivity contribution is 0.972. The van der Waals surface area contributed by atoms with Gasteiger partial charge in [-0.15, -0.1) is 0 Å². The Morgan fingerprint density at radius 3 is 2.48 bits per heavy atom. The summed E-state index contributed by atoms with van der Waals surface area (Å²) < 4.78 is 3.27. The second kappa shape index (κ2) is 5.86. The minimum atomic E-state index is 0.909. The maximum Gasteiger partial charge on any atom is 0.0997 e. The lowest BCUT2D eigenvalue weighted by Crippen LogP contribution is -2.01. The Kier molecular flexibility index (Phi) is 3.93. The van der Waals surface area contributed by atoms with E-state index in [0.29, 0.717) is 0 Å². The monoisotopic (exact) mass is 340 g/mol. The van der Waals surface area contributed by atoms with Crippen LogP contribution in [0.15, 0.2) is 59.3 Å². The first kappa shape index (κ1) is 14.1. The second-order valence-electron chi connectivity index (χ2n) is 5.22. The maximum absolute atomic E-state index is 4.41. The summed E-state index contributed by atoms with van der Waals surface area (Å²) in [7, 11) is 0. The SMILES string of the molecule is Cc1ncn(-c2ccc(Br)cc2Cc2ccccc2)c1C. The zero-order valence-corrected chi connectivity index (χ0v) is 13.8. The first-order valence-corrected chi connectivity index (χ1v) is 7.78. The lowest BCUT2D eigenvalue weighted by Gasteiger charge is -2.13. The summed E-state index contributed by atoms with van der Waals surface area (Å²) in [6.07, 6.45) is 2.81. The van der Waals surface area contributed by atoms with Crippen molar-refractivity contribution in [2.45, 2.75) is 20.3 Å². The molecule has 3 aromatic rings. The summed E-state index contributed by atoms with van der Waals surface area (Å²) in [6.45, 7) is 4.15. The molecule has 0 saturated carbocycles. The van der Waals surface area contributed by atoms with Crippen molar-refractivity contribution in [1.82, 2.24) is 9.55 Å². The molecule has 1 heterocycles. The molecule has 0 aliphatic heterocycles. The fraction of sp³-hybridized carbons (Fsp3) is 0.167. The minimum Gasteiger partial charge on any atom is -0.303 e. The van der Waals surface area contributed by atoms with E-state index in [1.165, 1.54) is 22.5 Å². The van der Waals surface area contributed by atoms with Crippen LogP contribution in [-0.4, -0.2) is 9.55 Å². The highest BCUT2D eigenvalue weighted by Crippen LogP contribution is 2.24. The van der Waals surface area contributed by atoms with Crippen molar-refractivity contribution in [3.8, 4) is 5.69 Å². The van der Waals surface area contributed by atoms with E-state index >= 15 is 0 Å². The average Bonchev–Trinajstić information content (AvgIpc) is 2.81. The molecule has 3 heteroatoms. The molecule has 0 N–H and O–H groups in total. The minimum absolute atomic E-state index is 0.909. The molecule has 0 radical (unpaired) electrons. The lowest BCUT2D eigenvalue weighted by atomic mass is 10.0. The highest BCUT2D eigenvalue weighted by atomic mass is 79.9. The Balaban J connectivity index is 2.07. The third kappa shape index (κ3) is 2.93. The highest BCUT2D eigenvalue weighted by Gasteiger charge is 2.10. The Morgan fingerprint density at radius 2 is 1.81 bits per heavy atom. The van der Waals surface area contributed by atoms with Crippen LogP contribution in [0.3, 0.4) is 0 Å². The van der Waals surface area contributed by atoms with Gasteiger partial charge in [-0.3, -0.25) is 0 Å². The fourth-order valence-corrected chi connectivity index (χ4v) is 2.90. The van der Waals surface area contributed by atoms with Crippen molar-refractivity contribution >= 4 is 15.9 Å². The Morgan fingerprint density at radius 1 is 1.05 bits per heavy atom. The van der Waals surface area contributed by atoms with Crippen molar-refractivity contribution in [3.05, 3.63) is 81.8 Å². The van der Waals surface area contributed by atoms with Crippen molar-refractivity contribution in [2.75, 3.05) is 0 Å². The molecule has 0 saturated heterocycles. The van der Waals surface area contributed by atoms with Crippen LogP contribution < -0.4 is 0 Å². The summed E-state index contributed by atoms with van der Waals surface area (Å²) in [6, 6.07) is 17.0. The number of hydrogen-bond donors (Lipinski definition) is 0. The third-order valence-electron chi connectivity index (χ3n) is 3.79. The van der Waals surface area contributed by atoms with Crippen molar-refractivity contribution in [2.24, 2.45) is 0 Å². The van der Waals surface area contributed by atoms with Crippen LogP contribution in [0.4, 0.5) is 0 Å². The van der Waals surface area contributed by atoms with Gasteiger partial charge in [0.25, 0.3) is 0 Å². The largest absolute Gasteiger partial charge is 0.303 e. The molecule has 3 rings (SSSR count). The molecule has 0 aliphatic rings. The van der Waals surface area contributed by atoms with Gasteiger partial charge >= 0.3 is 0 Å². The molecule has 21 heavy (non-hydrogen) atoms. The van der Waals surface area contributed by atoms with Gasteiger partial charge in [-0.05, 0) is 49.6 Å². The van der Waals surface area contributed by atoms with Gasteiger partial charge in [0, 0.05) is 10.2 Å². The summed E-state index contributed by atoms with van der Waals surface area (Å²) >= 11 is 3.58. The van der Waals surface area contributed by atoms with Crippen LogP contribution in [0.5, 0.6) is 0 Å². The summed E-state index contributed by atoms with van der Waals surface area (Å²) in [5.41, 5.74) is 6.05. The third-order valence-corrected chi connectivity index (χ3v) is 4.28. The molecular formula is C18H17BrN2. The normalized spacial score (nSPS) is 10.8. The summed E-state index contributed by atoms with van der Waals surface area (Å²) in [4.78, 5) is 4.41. The fourth-order valence-electron chi connectivity index (χ4n) is 2.49. The van der Waals surface area contributed by atoms with Gasteiger partial charge in [0.15, 0.2) is 0 Å². The average molecular weight is 341 g/mol. The topological polar surface area (TPSA) is 17.8 Å². The van der Waals surface area contributed by atoms with Gasteiger partial charge in [-0.2, -0.15) is 0 Å². The molecule has 0 spiro atoms. The predicted molar refractivity (Wildman–Crippen MR) is 90.0 cm³/mol. The molecule has 2 nitrogen and oxygen atoms in total. The second-order valence-corrected chi connectivity index (χ2v) is 6.14.